The summed E-state index contributed by atoms with van der Waals surface area (Å²) in [7, 11) is 1.52. The molecule has 22 atom stereocenters. The molecule has 0 spiro atoms. The van der Waals surface area contributed by atoms with Gasteiger partial charge in [0.1, 0.15) is 95.5 Å². The number of hydrogen-bond donors (Lipinski definition) is 20. The first-order valence-electron chi connectivity index (χ1n) is 42.5. The van der Waals surface area contributed by atoms with E-state index < -0.39 is 267 Å². The van der Waals surface area contributed by atoms with Gasteiger partial charge in [0.25, 0.3) is 0 Å². The van der Waals surface area contributed by atoms with E-state index in [1.165, 1.54) is 56.1 Å². The number of primary amides is 1. The summed E-state index contributed by atoms with van der Waals surface area (Å²) in [5, 5.41) is 139. The minimum atomic E-state index is -2.43. The van der Waals surface area contributed by atoms with Crippen LogP contribution in [0.2, 0.25) is 15.1 Å². The molecule has 8 aromatic carbocycles. The summed E-state index contributed by atoms with van der Waals surface area (Å²) < 4.78 is 53.0. The number of likely N-dealkylation sites (N-methyl/N-ethyl adjacent to an activating group) is 1. The van der Waals surface area contributed by atoms with Gasteiger partial charge in [-0.15, -0.1) is 0 Å². The predicted molar refractivity (Wildman–Crippen MR) is 482 cm³/mol. The van der Waals surface area contributed by atoms with Crippen molar-refractivity contribution in [3.05, 3.63) is 206 Å². The Hall–Kier alpha value is -11.6. The number of phenols is 3. The molecule has 706 valence electrons. The van der Waals surface area contributed by atoms with Crippen LogP contribution >= 0.6 is 47.0 Å². The van der Waals surface area contributed by atoms with E-state index in [-0.39, 0.29) is 59.3 Å². The van der Waals surface area contributed by atoms with Crippen molar-refractivity contribution in [2.24, 2.45) is 17.4 Å². The number of aromatic hydroxyl groups is 3. The van der Waals surface area contributed by atoms with E-state index in [0.717, 1.165) is 65.2 Å². The zero-order valence-electron chi connectivity index (χ0n) is 72.1. The number of nitrogens with two attached hydrogens (primary N) is 2. The minimum Gasteiger partial charge on any atom is -0.508 e. The van der Waals surface area contributed by atoms with Gasteiger partial charge in [0.15, 0.2) is 41.3 Å². The Morgan fingerprint density at radius 3 is 1.90 bits per heavy atom. The minimum absolute atomic E-state index is 0.0485. The fourth-order valence-corrected chi connectivity index (χ4v) is 17.6. The van der Waals surface area contributed by atoms with E-state index in [1.54, 1.807) is 49.4 Å². The summed E-state index contributed by atoms with van der Waals surface area (Å²) in [6.45, 7) is 7.32. The molecule has 0 saturated carbocycles. The topological polar surface area (TPSA) is 564 Å². The van der Waals surface area contributed by atoms with Crippen LogP contribution in [0.5, 0.6) is 46.0 Å². The number of nitrogens with one attached hydrogen (secondary N) is 8. The summed E-state index contributed by atoms with van der Waals surface area (Å²) in [6.07, 6.45) is -23.2. The van der Waals surface area contributed by atoms with E-state index in [9.17, 15) is 60.7 Å². The van der Waals surface area contributed by atoms with Gasteiger partial charge in [-0.2, -0.15) is 0 Å². The normalized spacial score (nSPS) is 28.0. The maximum Gasteiger partial charge on any atom is 0.330 e. The highest BCUT2D eigenvalue weighted by atomic mass is 35.5. The smallest absolute Gasteiger partial charge is 0.330 e. The number of anilines is 1. The van der Waals surface area contributed by atoms with Crippen molar-refractivity contribution in [3.8, 4) is 68.2 Å². The maximum atomic E-state index is 16.7. The van der Waals surface area contributed by atoms with Gasteiger partial charge in [0.2, 0.25) is 53.4 Å². The number of para-hydroxylation sites is 1. The molecule has 16 rings (SSSR count). The quantitative estimate of drug-likeness (QED) is 0.0377. The number of benzene rings is 8. The van der Waals surface area contributed by atoms with Crippen LogP contribution < -0.4 is 68.2 Å². The number of carboxylic acids is 1. The molecule has 0 radical (unpaired) electrons. The van der Waals surface area contributed by atoms with Crippen LogP contribution in [0.15, 0.2) is 158 Å². The number of rotatable bonds is 20. The van der Waals surface area contributed by atoms with Gasteiger partial charge >= 0.3 is 5.97 Å². The van der Waals surface area contributed by atoms with Crippen LogP contribution in [0.4, 0.5) is 5.69 Å². The van der Waals surface area contributed by atoms with Crippen molar-refractivity contribution >= 4 is 105 Å². The van der Waals surface area contributed by atoms with Gasteiger partial charge in [-0.05, 0) is 163 Å². The SMILES string of the molecule is CC(C)C[C@H](C(=O)N[C@H]1C(=O)N[C@@H](CC(N)=O)C(=O)N[C@H]2C(=O)N[C@H]3C(=O)N[C@H](C(=O)N[C@H](C(=O)O)c4cc(O)cc(O)c4-c4cc3ccc4O)[C@H](O[C@H]3C[C@](C)(N)[C@@H](O)[C@H](C)O3)c3ccc(c(Cl)c3)Oc3cc2cc(c3O[C@@H]2O[C@H](CO)[C@@H](O)[C@H](O)[C@H]2O[C@H]2C[C@H](NCc3ccc(-c4ccc(Cl)cc4)cc3)[C@@H](O)[C@H](C)O2)Oc2ccc(cc2Cl)[C@H]1O)N(C)C(=S)Nc1ccccc1. The van der Waals surface area contributed by atoms with E-state index in [0.29, 0.717) is 10.7 Å². The number of hydrogen-bond acceptors (Lipinski definition) is 28. The van der Waals surface area contributed by atoms with E-state index >= 15 is 28.8 Å². The van der Waals surface area contributed by atoms with Crippen LogP contribution in [0, 0.1) is 5.92 Å². The van der Waals surface area contributed by atoms with Gasteiger partial charge in [0, 0.05) is 71.5 Å². The summed E-state index contributed by atoms with van der Waals surface area (Å²) in [5.41, 5.74) is 11.4. The number of carbonyl (C=O) groups is 8. The molecular formula is C92H100Cl3N11O26S. The fraction of sp³-hybridized carbons (Fsp3) is 0.380. The molecule has 37 nitrogen and oxygen atoms in total. The molecule has 11 bridgehead atoms. The lowest BCUT2D eigenvalue weighted by molar-refractivity contribution is -0.330. The Morgan fingerprint density at radius 2 is 1.27 bits per heavy atom. The number of nitrogens with zero attached hydrogens (tertiary/aromatic N) is 1. The number of aliphatic hydroxyl groups is 6. The third-order valence-electron chi connectivity index (χ3n) is 23.9. The number of halogens is 3. The Bertz CT molecular complexity index is 5720. The molecule has 133 heavy (non-hydrogen) atoms. The van der Waals surface area contributed by atoms with Crippen molar-refractivity contribution in [3.63, 3.8) is 0 Å². The second-order valence-electron chi connectivity index (χ2n) is 34.1. The zero-order valence-corrected chi connectivity index (χ0v) is 75.2. The van der Waals surface area contributed by atoms with Crippen LogP contribution in [0.1, 0.15) is 124 Å². The number of thiocarbonyl (C=S) groups is 1. The summed E-state index contributed by atoms with van der Waals surface area (Å²) in [4.78, 5) is 124. The molecule has 7 amide bonds. The molecule has 0 aromatic heterocycles. The Kier molecular flexibility index (Phi) is 30.1. The number of aliphatic hydroxyl groups excluding tert-OH is 6. The van der Waals surface area contributed by atoms with Crippen molar-refractivity contribution in [2.45, 2.75) is 201 Å². The number of ether oxygens (including phenoxy) is 8. The summed E-state index contributed by atoms with van der Waals surface area (Å²) in [6, 6.07) is 21.9. The third kappa shape index (κ3) is 21.9. The Labute approximate surface area is 781 Å². The van der Waals surface area contributed by atoms with Crippen molar-refractivity contribution < 1.29 is 127 Å². The molecule has 41 heteroatoms. The molecule has 3 fully saturated rings. The average molecular weight is 1910 g/mol. The first kappa shape index (κ1) is 97.4. The largest absolute Gasteiger partial charge is 0.508 e. The molecule has 0 aliphatic carbocycles. The number of phenolic OH excluding ortho intramolecular Hbond substituents is 3. The second kappa shape index (κ2) is 41.1. The Balaban J connectivity index is 0.954. The predicted octanol–water partition coefficient (Wildman–Crippen LogP) is 6.21. The van der Waals surface area contributed by atoms with Crippen LogP contribution in [0.3, 0.4) is 0 Å². The monoisotopic (exact) mass is 1910 g/mol. The van der Waals surface area contributed by atoms with Gasteiger partial charge in [-0.25, -0.2) is 4.79 Å². The van der Waals surface area contributed by atoms with E-state index in [1.807, 2.05) is 50.2 Å². The summed E-state index contributed by atoms with van der Waals surface area (Å²) in [5.74, 6) is -16.6. The lowest BCUT2D eigenvalue weighted by atomic mass is 9.86. The van der Waals surface area contributed by atoms with Gasteiger partial charge < -0.3 is 148 Å². The molecule has 22 N–H and O–H groups in total. The van der Waals surface area contributed by atoms with Crippen molar-refractivity contribution in [1.29, 1.82) is 0 Å². The number of aliphatic carboxylic acids is 1. The number of carboxylic acid groups (broad SMARTS) is 1. The summed E-state index contributed by atoms with van der Waals surface area (Å²) >= 11 is 26.8. The van der Waals surface area contributed by atoms with E-state index in [2.05, 4.69) is 42.5 Å². The number of amides is 7. The van der Waals surface area contributed by atoms with Crippen molar-refractivity contribution in [2.75, 3.05) is 19.0 Å². The van der Waals surface area contributed by atoms with Gasteiger partial charge in [-0.1, -0.05) is 121 Å². The fourth-order valence-electron chi connectivity index (χ4n) is 16.8. The molecular weight excluding hydrogens is 1810 g/mol. The highest BCUT2D eigenvalue weighted by Crippen LogP contribution is 2.51. The molecule has 8 aliphatic rings. The second-order valence-corrected chi connectivity index (χ2v) is 35.7. The van der Waals surface area contributed by atoms with Gasteiger partial charge in [-0.3, -0.25) is 33.6 Å². The molecule has 8 aliphatic heterocycles. The van der Waals surface area contributed by atoms with E-state index in [4.69, 9.17) is 96.4 Å². The average Bonchev–Trinajstić information content (AvgIpc) is 0.760. The lowest BCUT2D eigenvalue weighted by Gasteiger charge is -2.45. The van der Waals surface area contributed by atoms with Crippen LogP contribution in [0.25, 0.3) is 22.3 Å². The molecule has 8 heterocycles. The standard InChI is InChI=1S/C92H100Cl3N11O26S/c1-39(2)26-58(106(6)91(133)99-50-10-8-7-9-11-50)84(118)104-73-76(113)46-19-24-61(54(94)28-46)127-63-30-48-31-64(80(63)132-90-81(78(115)77(114)65(38-107)129-90)130-67-35-56(75(112)40(3)125-67)98-37-42-12-14-43(15-13-42)44-16-21-49(93)22-17-44)128-62-25-20-47(29-55(62)95)79(131-68-36-92(5,97)82(116)41(4)126-68)74-88(122)103-72(89(123)124)53-32-51(108)33-60(110)69(53)52-27-45(18-23-59(52)109)70(85(119)105-74)102-86(120)71(48)101-83(117)57(34-66(96)111)100-87(73)121/h7-25,27-33,39-41,56-58,65,67-68,70-79,81-82,90,98,107-110,112-116H,26,34-38,97H2,1-6H3,(H2,96,111)(H,99,133)(H,100,121)(H,101,117)(H,102,120)(H,103,122)(H,104,118)(H,105,119)(H,123,124)/t40-,41-,56-,57-,58+,65+,67-,68-,70+,71+,72-,73+,74-,75-,76+,77+,78-,79+,81+,82-,90-,92-/m0/s1. The molecule has 0 unspecified atom stereocenters. The lowest BCUT2D eigenvalue weighted by Crippen LogP contribution is -2.63. The third-order valence-corrected chi connectivity index (χ3v) is 25.1. The first-order valence-corrected chi connectivity index (χ1v) is 44.0. The molecule has 8 aromatic rings. The zero-order chi connectivity index (χ0) is 95.6. The Morgan fingerprint density at radius 1 is 0.654 bits per heavy atom. The van der Waals surface area contributed by atoms with Crippen molar-refractivity contribution in [1.82, 2.24) is 42.1 Å². The van der Waals surface area contributed by atoms with Gasteiger partial charge in [0.05, 0.1) is 47.5 Å². The number of fused-ring (bicyclic) bond motifs is 15. The van der Waals surface area contributed by atoms with Crippen LogP contribution in [-0.4, -0.2) is 226 Å². The first-order chi connectivity index (χ1) is 63.2. The highest BCUT2D eigenvalue weighted by Gasteiger charge is 2.52. The van der Waals surface area contributed by atoms with Crippen LogP contribution in [-0.2, 0) is 68.6 Å². The molecule has 3 saturated heterocycles. The number of carbonyl (C=O) groups excluding carboxylic acids is 7. The highest BCUT2D eigenvalue weighted by molar-refractivity contribution is 7.80. The maximum absolute atomic E-state index is 16.7.